The summed E-state index contributed by atoms with van der Waals surface area (Å²) in [4.78, 5) is 23.0. The van der Waals surface area contributed by atoms with Crippen LogP contribution in [0.25, 0.3) is 0 Å². The highest BCUT2D eigenvalue weighted by Crippen LogP contribution is 2.26. The Morgan fingerprint density at radius 3 is 2.86 bits per heavy atom. The van der Waals surface area contributed by atoms with Gasteiger partial charge in [0.15, 0.2) is 0 Å². The van der Waals surface area contributed by atoms with Crippen molar-refractivity contribution in [2.24, 2.45) is 11.8 Å². The molecule has 0 bridgehead atoms. The van der Waals surface area contributed by atoms with Crippen LogP contribution in [0.4, 0.5) is 0 Å². The summed E-state index contributed by atoms with van der Waals surface area (Å²) in [6.07, 6.45) is 1.37. The molecule has 1 aromatic rings. The maximum atomic E-state index is 12.0. The molecule has 120 valence electrons. The molecule has 0 radical (unpaired) electrons. The Morgan fingerprint density at radius 1 is 1.41 bits per heavy atom. The third-order valence-corrected chi connectivity index (χ3v) is 4.02. The molecule has 1 aliphatic rings. The number of hydrogen-bond donors (Lipinski definition) is 2. The van der Waals surface area contributed by atoms with Gasteiger partial charge in [-0.05, 0) is 30.0 Å². The molecular formula is C17H23NO4. The van der Waals surface area contributed by atoms with Gasteiger partial charge in [-0.3, -0.25) is 4.79 Å². The van der Waals surface area contributed by atoms with E-state index in [1.54, 1.807) is 12.1 Å². The number of benzene rings is 1. The fourth-order valence-corrected chi connectivity index (χ4v) is 2.92. The summed E-state index contributed by atoms with van der Waals surface area (Å²) in [5.74, 6) is -0.270. The van der Waals surface area contributed by atoms with Crippen LogP contribution >= 0.6 is 0 Å². The molecular weight excluding hydrogens is 282 g/mol. The number of carboxylic acid groups (broad SMARTS) is 1. The maximum Gasteiger partial charge on any atom is 0.335 e. The average molecular weight is 305 g/mol. The zero-order valence-corrected chi connectivity index (χ0v) is 13.0. The van der Waals surface area contributed by atoms with Gasteiger partial charge >= 0.3 is 5.97 Å². The van der Waals surface area contributed by atoms with E-state index in [0.717, 1.165) is 13.0 Å². The molecule has 0 spiro atoms. The van der Waals surface area contributed by atoms with Crippen LogP contribution in [0.1, 0.15) is 36.2 Å². The summed E-state index contributed by atoms with van der Waals surface area (Å²) < 4.78 is 5.70. The van der Waals surface area contributed by atoms with Crippen LogP contribution < -0.4 is 5.32 Å². The van der Waals surface area contributed by atoms with E-state index in [1.807, 2.05) is 0 Å². The zero-order valence-electron chi connectivity index (χ0n) is 13.0. The number of carbonyl (C=O) groups is 2. The molecule has 2 unspecified atom stereocenters. The highest BCUT2D eigenvalue weighted by molar-refractivity contribution is 5.88. The van der Waals surface area contributed by atoms with Gasteiger partial charge in [0, 0.05) is 19.1 Å². The van der Waals surface area contributed by atoms with Gasteiger partial charge < -0.3 is 15.2 Å². The highest BCUT2D eigenvalue weighted by Gasteiger charge is 2.30. The second-order valence-electron chi connectivity index (χ2n) is 6.11. The van der Waals surface area contributed by atoms with Gasteiger partial charge in [-0.15, -0.1) is 0 Å². The zero-order chi connectivity index (χ0) is 16.1. The Balaban J connectivity index is 1.85. The fraction of sp³-hybridized carbons (Fsp3) is 0.529. The number of hydrogen-bond acceptors (Lipinski definition) is 3. The van der Waals surface area contributed by atoms with Crippen molar-refractivity contribution in [3.8, 4) is 0 Å². The minimum Gasteiger partial charge on any atom is -0.478 e. The Kier molecular flexibility index (Phi) is 5.55. The van der Waals surface area contributed by atoms with Crippen molar-refractivity contribution in [3.63, 3.8) is 0 Å². The number of rotatable bonds is 6. The lowest BCUT2D eigenvalue weighted by molar-refractivity contribution is -0.120. The van der Waals surface area contributed by atoms with E-state index in [2.05, 4.69) is 19.2 Å². The number of ether oxygens (including phenoxy) is 1. The molecule has 22 heavy (non-hydrogen) atoms. The fourth-order valence-electron chi connectivity index (χ4n) is 2.92. The smallest absolute Gasteiger partial charge is 0.335 e. The first kappa shape index (κ1) is 16.5. The van der Waals surface area contributed by atoms with Gasteiger partial charge in [0.2, 0.25) is 5.91 Å². The largest absolute Gasteiger partial charge is 0.478 e. The van der Waals surface area contributed by atoms with Crippen molar-refractivity contribution in [2.45, 2.75) is 32.8 Å². The maximum absolute atomic E-state index is 12.0. The van der Waals surface area contributed by atoms with E-state index >= 15 is 0 Å². The molecule has 0 saturated carbocycles. The normalized spacial score (nSPS) is 21.0. The molecule has 0 aromatic heterocycles. The summed E-state index contributed by atoms with van der Waals surface area (Å²) in [6, 6.07) is 6.48. The molecule has 2 N–H and O–H groups in total. The van der Waals surface area contributed by atoms with Crippen LogP contribution in [0.5, 0.6) is 0 Å². The molecule has 2 rings (SSSR count). The van der Waals surface area contributed by atoms with E-state index in [4.69, 9.17) is 9.84 Å². The Labute approximate surface area is 130 Å². The van der Waals surface area contributed by atoms with Gasteiger partial charge in [-0.1, -0.05) is 26.0 Å². The van der Waals surface area contributed by atoms with E-state index in [0.29, 0.717) is 23.9 Å². The van der Waals surface area contributed by atoms with Crippen LogP contribution in [0.15, 0.2) is 24.3 Å². The minimum absolute atomic E-state index is 0.0862. The lowest BCUT2D eigenvalue weighted by atomic mass is 9.93. The predicted molar refractivity (Wildman–Crippen MR) is 82.8 cm³/mol. The first-order valence-corrected chi connectivity index (χ1v) is 7.68. The van der Waals surface area contributed by atoms with E-state index in [9.17, 15) is 9.59 Å². The summed E-state index contributed by atoms with van der Waals surface area (Å²) in [5, 5.41) is 11.9. The molecule has 5 nitrogen and oxygen atoms in total. The van der Waals surface area contributed by atoms with Crippen LogP contribution in [0.3, 0.4) is 0 Å². The molecule has 1 aliphatic heterocycles. The molecule has 5 heteroatoms. The lowest BCUT2D eigenvalue weighted by Gasteiger charge is -2.22. The van der Waals surface area contributed by atoms with Crippen molar-refractivity contribution in [1.82, 2.24) is 5.32 Å². The molecule has 1 amide bonds. The van der Waals surface area contributed by atoms with Crippen molar-refractivity contribution >= 4 is 11.9 Å². The third-order valence-electron chi connectivity index (χ3n) is 4.02. The quantitative estimate of drug-likeness (QED) is 0.844. The number of carbonyl (C=O) groups excluding carboxylic acids is 1. The monoisotopic (exact) mass is 305 g/mol. The average Bonchev–Trinajstić information content (AvgIpc) is 2.94. The summed E-state index contributed by atoms with van der Waals surface area (Å²) >= 11 is 0. The first-order chi connectivity index (χ1) is 10.5. The Bertz CT molecular complexity index is 541. The predicted octanol–water partition coefficient (Wildman–Crippen LogP) is 2.10. The van der Waals surface area contributed by atoms with Crippen LogP contribution in [0.2, 0.25) is 0 Å². The van der Waals surface area contributed by atoms with Gasteiger partial charge in [0.1, 0.15) is 0 Å². The number of amides is 1. The minimum atomic E-state index is -0.981. The second kappa shape index (κ2) is 7.40. The number of carboxylic acids is 1. The van der Waals surface area contributed by atoms with Crippen molar-refractivity contribution in [1.29, 1.82) is 0 Å². The number of aromatic carboxylic acids is 1. The first-order valence-electron chi connectivity index (χ1n) is 7.68. The van der Waals surface area contributed by atoms with E-state index in [-0.39, 0.29) is 24.0 Å². The third kappa shape index (κ3) is 4.31. The van der Waals surface area contributed by atoms with Gasteiger partial charge in [-0.2, -0.15) is 0 Å². The van der Waals surface area contributed by atoms with Crippen LogP contribution in [-0.4, -0.2) is 36.2 Å². The summed E-state index contributed by atoms with van der Waals surface area (Å²) in [7, 11) is 0. The molecule has 1 aromatic carbocycles. The van der Waals surface area contributed by atoms with Crippen LogP contribution in [-0.2, 0) is 16.0 Å². The molecule has 1 saturated heterocycles. The van der Waals surface area contributed by atoms with Crippen molar-refractivity contribution in [2.75, 3.05) is 13.2 Å². The number of nitrogens with one attached hydrogen (secondary N) is 1. The summed E-state index contributed by atoms with van der Waals surface area (Å²) in [5.41, 5.74) is 0.912. The van der Waals surface area contributed by atoms with Crippen LogP contribution in [0, 0.1) is 11.8 Å². The van der Waals surface area contributed by atoms with Crippen molar-refractivity contribution < 1.29 is 19.4 Å². The molecule has 1 heterocycles. The standard InChI is InChI=1S/C17H23NO4/c1-11(2)16-14(6-7-22-16)10-18-15(19)9-12-4-3-5-13(8-12)17(20)21/h3-5,8,11,14,16H,6-7,9-10H2,1-2H3,(H,18,19)(H,20,21). The molecule has 1 fully saturated rings. The Morgan fingerprint density at radius 2 is 2.18 bits per heavy atom. The van der Waals surface area contributed by atoms with Gasteiger partial charge in [0.05, 0.1) is 18.1 Å². The van der Waals surface area contributed by atoms with Crippen molar-refractivity contribution in [3.05, 3.63) is 35.4 Å². The van der Waals surface area contributed by atoms with Gasteiger partial charge in [-0.25, -0.2) is 4.79 Å². The molecule has 2 atom stereocenters. The molecule has 0 aliphatic carbocycles. The lowest BCUT2D eigenvalue weighted by Crippen LogP contribution is -2.35. The highest BCUT2D eigenvalue weighted by atomic mass is 16.5. The van der Waals surface area contributed by atoms with E-state index < -0.39 is 5.97 Å². The van der Waals surface area contributed by atoms with E-state index in [1.165, 1.54) is 12.1 Å². The SMILES string of the molecule is CC(C)C1OCCC1CNC(=O)Cc1cccc(C(=O)O)c1. The Hall–Kier alpha value is -1.88. The summed E-state index contributed by atoms with van der Waals surface area (Å²) in [6.45, 7) is 5.62. The second-order valence-corrected chi connectivity index (χ2v) is 6.11. The van der Waals surface area contributed by atoms with Gasteiger partial charge in [0.25, 0.3) is 0 Å². The topological polar surface area (TPSA) is 75.6 Å².